The summed E-state index contributed by atoms with van der Waals surface area (Å²) < 4.78 is 27.1. The topological polar surface area (TPSA) is 80.6 Å². The molecule has 0 fully saturated rings. The van der Waals surface area contributed by atoms with Crippen molar-refractivity contribution >= 4 is 21.1 Å². The summed E-state index contributed by atoms with van der Waals surface area (Å²) in [4.78, 5) is 4.24. The van der Waals surface area contributed by atoms with E-state index in [0.29, 0.717) is 5.65 Å². The molecule has 6 nitrogen and oxygen atoms in total. The fourth-order valence-corrected chi connectivity index (χ4v) is 5.00. The number of aromatic nitrogens is 4. The summed E-state index contributed by atoms with van der Waals surface area (Å²) in [5, 5.41) is 7.51. The predicted molar refractivity (Wildman–Crippen MR) is 92.1 cm³/mol. The van der Waals surface area contributed by atoms with Crippen LogP contribution in [0.3, 0.4) is 0 Å². The summed E-state index contributed by atoms with van der Waals surface area (Å²) in [5.41, 5.74) is 1.26. The minimum atomic E-state index is -3.75. The van der Waals surface area contributed by atoms with E-state index in [2.05, 4.69) is 15.2 Å². The molecule has 3 aromatic rings. The van der Waals surface area contributed by atoms with Gasteiger partial charge in [-0.2, -0.15) is 5.10 Å². The fraction of sp³-hybridized carbons (Fsp3) is 0.176. The molecule has 0 amide bonds. The van der Waals surface area contributed by atoms with E-state index < -0.39 is 14.8 Å². The molecule has 0 saturated heterocycles. The van der Waals surface area contributed by atoms with Crippen LogP contribution in [0.4, 0.5) is 0 Å². The average molecular weight is 340 g/mol. The van der Waals surface area contributed by atoms with Gasteiger partial charge in [0, 0.05) is 29.9 Å². The second-order valence-electron chi connectivity index (χ2n) is 5.97. The summed E-state index contributed by atoms with van der Waals surface area (Å²) in [6.07, 6.45) is 13.8. The molecule has 2 unspecified atom stereocenters. The van der Waals surface area contributed by atoms with Crippen LogP contribution in [0.1, 0.15) is 18.4 Å². The Labute approximate surface area is 139 Å². The molecule has 7 heteroatoms. The number of allylic oxidation sites excluding steroid dienone is 3. The molecule has 24 heavy (non-hydrogen) atoms. The molecule has 0 spiro atoms. The van der Waals surface area contributed by atoms with Gasteiger partial charge in [-0.25, -0.2) is 17.4 Å². The smallest absolute Gasteiger partial charge is 0.250 e. The number of nitrogens with zero attached hydrogens (tertiary/aromatic N) is 3. The lowest BCUT2D eigenvalue weighted by molar-refractivity contribution is 0.536. The Morgan fingerprint density at radius 3 is 2.96 bits per heavy atom. The summed E-state index contributed by atoms with van der Waals surface area (Å²) >= 11 is 0. The Morgan fingerprint density at radius 1 is 1.29 bits per heavy atom. The molecule has 0 aromatic carbocycles. The van der Waals surface area contributed by atoms with Crippen LogP contribution >= 0.6 is 0 Å². The van der Waals surface area contributed by atoms with Crippen molar-refractivity contribution in [2.24, 2.45) is 0 Å². The Bertz CT molecular complexity index is 1050. The Kier molecular flexibility index (Phi) is 3.21. The predicted octanol–water partition coefficient (Wildman–Crippen LogP) is 2.61. The minimum absolute atomic E-state index is 0.340. The molecule has 122 valence electrons. The molecule has 3 aromatic heterocycles. The Balaban J connectivity index is 1.91. The van der Waals surface area contributed by atoms with E-state index in [4.69, 9.17) is 0 Å². The zero-order valence-corrected chi connectivity index (χ0v) is 13.8. The maximum Gasteiger partial charge on any atom is 0.250 e. The highest BCUT2D eigenvalue weighted by atomic mass is 32.2. The van der Waals surface area contributed by atoms with Gasteiger partial charge in [-0.3, -0.25) is 5.10 Å². The highest BCUT2D eigenvalue weighted by molar-refractivity contribution is 7.91. The van der Waals surface area contributed by atoms with Crippen molar-refractivity contribution in [2.75, 3.05) is 0 Å². The third-order valence-corrected chi connectivity index (χ3v) is 6.88. The molecule has 3 heterocycles. The van der Waals surface area contributed by atoms with Gasteiger partial charge < -0.3 is 0 Å². The molecule has 1 aliphatic carbocycles. The van der Waals surface area contributed by atoms with E-state index in [1.54, 1.807) is 56.0 Å². The van der Waals surface area contributed by atoms with Gasteiger partial charge in [0.25, 0.3) is 0 Å². The lowest BCUT2D eigenvalue weighted by Crippen LogP contribution is -2.43. The molecule has 0 aliphatic heterocycles. The summed E-state index contributed by atoms with van der Waals surface area (Å²) in [5.74, 6) is -0.340. The van der Waals surface area contributed by atoms with Crippen LogP contribution in [0, 0.1) is 0 Å². The van der Waals surface area contributed by atoms with E-state index in [9.17, 15) is 8.42 Å². The number of aromatic amines is 1. The van der Waals surface area contributed by atoms with E-state index >= 15 is 0 Å². The van der Waals surface area contributed by atoms with Gasteiger partial charge >= 0.3 is 0 Å². The van der Waals surface area contributed by atoms with Gasteiger partial charge in [0.05, 0.1) is 6.20 Å². The lowest BCUT2D eigenvalue weighted by atomic mass is 9.85. The zero-order chi connectivity index (χ0) is 16.8. The molecule has 0 saturated carbocycles. The highest BCUT2D eigenvalue weighted by Gasteiger charge is 2.46. The van der Waals surface area contributed by atoms with Crippen molar-refractivity contribution < 1.29 is 8.42 Å². The first-order valence-corrected chi connectivity index (χ1v) is 9.00. The third kappa shape index (κ3) is 1.98. The van der Waals surface area contributed by atoms with Gasteiger partial charge in [-0.15, -0.1) is 0 Å². The largest absolute Gasteiger partial charge is 0.285 e. The van der Waals surface area contributed by atoms with Gasteiger partial charge in [-0.1, -0.05) is 24.3 Å². The van der Waals surface area contributed by atoms with Crippen LogP contribution in [0.5, 0.6) is 0 Å². The van der Waals surface area contributed by atoms with Crippen LogP contribution in [0.25, 0.3) is 11.0 Å². The van der Waals surface area contributed by atoms with Crippen molar-refractivity contribution in [3.8, 4) is 0 Å². The number of H-pyrrole nitrogens is 1. The quantitative estimate of drug-likeness (QED) is 0.795. The van der Waals surface area contributed by atoms with Gasteiger partial charge in [0.15, 0.2) is 5.65 Å². The number of hydrogen-bond donors (Lipinski definition) is 1. The molecule has 1 aliphatic rings. The maximum absolute atomic E-state index is 13.5. The standard InChI is InChI=1S/C17H16N4O2S/c1-17(8-3-2-6-15(17)14-11-19-20-12-14)24(22,23)21-10-7-13-5-4-9-18-16(13)21/h2-12,15H,1H3,(H,19,20). The minimum Gasteiger partial charge on any atom is -0.285 e. The number of nitrogens with one attached hydrogen (secondary N) is 1. The molecular weight excluding hydrogens is 324 g/mol. The van der Waals surface area contributed by atoms with Crippen molar-refractivity contribution in [1.82, 2.24) is 19.2 Å². The van der Waals surface area contributed by atoms with Crippen molar-refractivity contribution in [3.05, 3.63) is 72.9 Å². The molecular formula is C17H16N4O2S. The first kappa shape index (κ1) is 14.9. The first-order valence-electron chi connectivity index (χ1n) is 7.56. The van der Waals surface area contributed by atoms with Crippen LogP contribution < -0.4 is 0 Å². The first-order chi connectivity index (χ1) is 11.5. The van der Waals surface area contributed by atoms with Crippen molar-refractivity contribution in [3.63, 3.8) is 0 Å². The molecule has 2 atom stereocenters. The second kappa shape index (κ2) is 5.17. The average Bonchev–Trinajstić information content (AvgIpc) is 3.25. The van der Waals surface area contributed by atoms with E-state index in [1.165, 1.54) is 3.97 Å². The normalized spacial score (nSPS) is 23.8. The monoisotopic (exact) mass is 340 g/mol. The van der Waals surface area contributed by atoms with E-state index in [1.807, 2.05) is 18.2 Å². The highest BCUT2D eigenvalue weighted by Crippen LogP contribution is 2.40. The van der Waals surface area contributed by atoms with Gasteiger partial charge in [-0.05, 0) is 30.7 Å². The number of rotatable bonds is 3. The molecule has 1 N–H and O–H groups in total. The maximum atomic E-state index is 13.5. The second-order valence-corrected chi connectivity index (χ2v) is 8.19. The fourth-order valence-electron chi connectivity index (χ4n) is 3.18. The summed E-state index contributed by atoms with van der Waals surface area (Å²) in [6.45, 7) is 1.73. The lowest BCUT2D eigenvalue weighted by Gasteiger charge is -2.34. The van der Waals surface area contributed by atoms with Crippen LogP contribution in [-0.4, -0.2) is 32.3 Å². The van der Waals surface area contributed by atoms with Crippen molar-refractivity contribution in [2.45, 2.75) is 17.6 Å². The SMILES string of the molecule is CC1(S(=O)(=O)n2ccc3cccnc32)C=CC=CC1c1cn[nH]c1. The number of hydrogen-bond acceptors (Lipinski definition) is 4. The molecule has 4 rings (SSSR count). The van der Waals surface area contributed by atoms with E-state index in [0.717, 1.165) is 10.9 Å². The molecule has 0 radical (unpaired) electrons. The summed E-state index contributed by atoms with van der Waals surface area (Å²) in [6, 6.07) is 5.40. The zero-order valence-electron chi connectivity index (χ0n) is 13.0. The molecule has 0 bridgehead atoms. The Morgan fingerprint density at radius 2 is 2.17 bits per heavy atom. The van der Waals surface area contributed by atoms with E-state index in [-0.39, 0.29) is 5.92 Å². The Hall–Kier alpha value is -2.67. The third-order valence-electron chi connectivity index (χ3n) is 4.57. The van der Waals surface area contributed by atoms with Crippen LogP contribution in [0.2, 0.25) is 0 Å². The van der Waals surface area contributed by atoms with Gasteiger partial charge in [0.2, 0.25) is 10.0 Å². The summed E-state index contributed by atoms with van der Waals surface area (Å²) in [7, 11) is -3.75. The van der Waals surface area contributed by atoms with Crippen LogP contribution in [-0.2, 0) is 10.0 Å². The van der Waals surface area contributed by atoms with Gasteiger partial charge in [0.1, 0.15) is 4.75 Å². The number of fused-ring (bicyclic) bond motifs is 1. The van der Waals surface area contributed by atoms with Crippen LogP contribution in [0.15, 0.2) is 67.3 Å². The number of pyridine rings is 1. The van der Waals surface area contributed by atoms with Crippen molar-refractivity contribution in [1.29, 1.82) is 0 Å².